The minimum Gasteiger partial charge on any atom is -0.432 e. The lowest BCUT2D eigenvalue weighted by Gasteiger charge is -2.06. The third-order valence-electron chi connectivity index (χ3n) is 2.02. The molecule has 0 aliphatic rings. The molecule has 6 nitrogen and oxygen atoms in total. The van der Waals surface area contributed by atoms with Crippen molar-refractivity contribution in [1.29, 1.82) is 0 Å². The fraction of sp³-hybridized carbons (Fsp3) is 0. The molecule has 0 aliphatic carbocycles. The number of nitro benzene ring substituents is 1. The molecule has 0 fully saturated rings. The summed E-state index contributed by atoms with van der Waals surface area (Å²) in [4.78, 5) is 17.9. The van der Waals surface area contributed by atoms with E-state index in [2.05, 4.69) is 25.9 Å². The zero-order valence-corrected chi connectivity index (χ0v) is 12.1. The van der Waals surface area contributed by atoms with Gasteiger partial charge < -0.3 is 4.74 Å². The maximum Gasteiger partial charge on any atom is 0.313 e. The van der Waals surface area contributed by atoms with Crippen molar-refractivity contribution in [1.82, 2.24) is 9.97 Å². The van der Waals surface area contributed by atoms with Crippen LogP contribution >= 0.6 is 39.1 Å². The summed E-state index contributed by atoms with van der Waals surface area (Å²) in [5.74, 6) is 0.0911. The van der Waals surface area contributed by atoms with Crippen LogP contribution in [-0.2, 0) is 0 Å². The van der Waals surface area contributed by atoms with E-state index in [0.717, 1.165) is 6.07 Å². The summed E-state index contributed by atoms with van der Waals surface area (Å²) in [6.45, 7) is 0. The smallest absolute Gasteiger partial charge is 0.313 e. The maximum absolute atomic E-state index is 10.9. The average molecular weight is 365 g/mol. The lowest BCUT2D eigenvalue weighted by atomic mass is 10.3. The van der Waals surface area contributed by atoms with Gasteiger partial charge in [0.25, 0.3) is 0 Å². The van der Waals surface area contributed by atoms with Crippen LogP contribution in [0.2, 0.25) is 10.0 Å². The molecule has 1 aromatic carbocycles. The first-order valence-electron chi connectivity index (χ1n) is 4.76. The molecule has 1 aromatic heterocycles. The van der Waals surface area contributed by atoms with Crippen LogP contribution in [0.5, 0.6) is 11.6 Å². The highest BCUT2D eigenvalue weighted by Crippen LogP contribution is 2.37. The summed E-state index contributed by atoms with van der Waals surface area (Å²) in [6, 6.07) is 3.85. The van der Waals surface area contributed by atoms with Gasteiger partial charge >= 0.3 is 5.69 Å². The molecule has 1 heterocycles. The Balaban J connectivity index is 2.44. The first-order valence-corrected chi connectivity index (χ1v) is 6.31. The van der Waals surface area contributed by atoms with Crippen molar-refractivity contribution in [2.24, 2.45) is 0 Å². The van der Waals surface area contributed by atoms with E-state index in [1.54, 1.807) is 0 Å². The van der Waals surface area contributed by atoms with Gasteiger partial charge in [-0.15, -0.1) is 0 Å². The van der Waals surface area contributed by atoms with Gasteiger partial charge in [-0.25, -0.2) is 9.97 Å². The zero-order valence-electron chi connectivity index (χ0n) is 9.01. The molecular formula is C10H4BrCl2N3O3. The monoisotopic (exact) mass is 363 g/mol. The van der Waals surface area contributed by atoms with Crippen LogP contribution < -0.4 is 4.74 Å². The van der Waals surface area contributed by atoms with Crippen LogP contribution in [-0.4, -0.2) is 14.9 Å². The van der Waals surface area contributed by atoms with Gasteiger partial charge in [0.05, 0.1) is 15.0 Å². The van der Waals surface area contributed by atoms with Gasteiger partial charge in [-0.3, -0.25) is 10.1 Å². The fourth-order valence-electron chi connectivity index (χ4n) is 1.23. The molecule has 0 radical (unpaired) electrons. The van der Waals surface area contributed by atoms with Gasteiger partial charge in [-0.1, -0.05) is 23.2 Å². The number of hydrogen-bond donors (Lipinski definition) is 0. The van der Waals surface area contributed by atoms with Gasteiger partial charge in [0.2, 0.25) is 11.6 Å². The van der Waals surface area contributed by atoms with Gasteiger partial charge in [-0.2, -0.15) is 0 Å². The Hall–Kier alpha value is -1.44. The zero-order chi connectivity index (χ0) is 14.0. The van der Waals surface area contributed by atoms with E-state index in [-0.39, 0.29) is 27.4 Å². The van der Waals surface area contributed by atoms with E-state index in [1.165, 1.54) is 18.5 Å². The minimum atomic E-state index is -0.617. The van der Waals surface area contributed by atoms with Crippen molar-refractivity contribution in [3.05, 3.63) is 49.3 Å². The molecule has 0 bridgehead atoms. The second-order valence-electron chi connectivity index (χ2n) is 3.27. The predicted molar refractivity (Wildman–Crippen MR) is 72.9 cm³/mol. The van der Waals surface area contributed by atoms with Crippen LogP contribution in [0.1, 0.15) is 0 Å². The van der Waals surface area contributed by atoms with Gasteiger partial charge in [0.15, 0.2) is 0 Å². The third kappa shape index (κ3) is 3.31. The Morgan fingerprint density at radius 3 is 2.53 bits per heavy atom. The summed E-state index contributed by atoms with van der Waals surface area (Å²) in [7, 11) is 0. The van der Waals surface area contributed by atoms with E-state index in [1.807, 2.05) is 0 Å². The highest BCUT2D eigenvalue weighted by Gasteiger charge is 2.19. The van der Waals surface area contributed by atoms with Crippen molar-refractivity contribution in [2.75, 3.05) is 0 Å². The Morgan fingerprint density at radius 2 is 1.89 bits per heavy atom. The Bertz CT molecular complexity index is 654. The topological polar surface area (TPSA) is 78.2 Å². The van der Waals surface area contributed by atoms with E-state index in [0.29, 0.717) is 4.60 Å². The molecule has 9 heteroatoms. The minimum absolute atomic E-state index is 0.0509. The number of ether oxygens (including phenoxy) is 1. The summed E-state index contributed by atoms with van der Waals surface area (Å²) in [5, 5.41) is 11.1. The van der Waals surface area contributed by atoms with Crippen LogP contribution in [0.25, 0.3) is 0 Å². The maximum atomic E-state index is 10.9. The number of hydrogen-bond acceptors (Lipinski definition) is 5. The molecule has 0 N–H and O–H groups in total. The van der Waals surface area contributed by atoms with E-state index >= 15 is 0 Å². The number of rotatable bonds is 3. The molecule has 0 aliphatic heterocycles. The van der Waals surface area contributed by atoms with Gasteiger partial charge in [0, 0.05) is 18.2 Å². The molecule has 0 unspecified atom stereocenters. The van der Waals surface area contributed by atoms with Crippen LogP contribution in [0.15, 0.2) is 29.1 Å². The lowest BCUT2D eigenvalue weighted by molar-refractivity contribution is -0.385. The molecule has 0 spiro atoms. The van der Waals surface area contributed by atoms with Crippen molar-refractivity contribution in [2.45, 2.75) is 0 Å². The van der Waals surface area contributed by atoms with Gasteiger partial charge in [0.1, 0.15) is 10.9 Å². The number of benzene rings is 1. The highest BCUT2D eigenvalue weighted by atomic mass is 79.9. The Morgan fingerprint density at radius 1 is 1.21 bits per heavy atom. The SMILES string of the molecule is O=[N+]([O-])c1cc(Cl)c(Cl)cc1Oc1cc(Br)ncn1. The normalized spacial score (nSPS) is 10.3. The quantitative estimate of drug-likeness (QED) is 0.462. The Labute approximate surface area is 125 Å². The lowest BCUT2D eigenvalue weighted by Crippen LogP contribution is -1.95. The number of nitrogens with zero attached hydrogens (tertiary/aromatic N) is 3. The second kappa shape index (κ2) is 5.68. The number of nitro groups is 1. The van der Waals surface area contributed by atoms with E-state index in [4.69, 9.17) is 27.9 Å². The van der Waals surface area contributed by atoms with Crippen molar-refractivity contribution >= 4 is 44.8 Å². The molecule has 2 aromatic rings. The average Bonchev–Trinajstić information content (AvgIpc) is 2.33. The van der Waals surface area contributed by atoms with Crippen LogP contribution in [0.3, 0.4) is 0 Å². The summed E-state index contributed by atoms with van der Waals surface area (Å²) in [6.07, 6.45) is 1.25. The summed E-state index contributed by atoms with van der Waals surface area (Å²) < 4.78 is 5.81. The predicted octanol–water partition coefficient (Wildman–Crippen LogP) is 4.25. The van der Waals surface area contributed by atoms with Crippen molar-refractivity contribution < 1.29 is 9.66 Å². The summed E-state index contributed by atoms with van der Waals surface area (Å²) in [5.41, 5.74) is -0.302. The fourth-order valence-corrected chi connectivity index (χ4v) is 1.83. The number of aromatic nitrogens is 2. The molecular weight excluding hydrogens is 361 g/mol. The van der Waals surface area contributed by atoms with Crippen molar-refractivity contribution in [3.8, 4) is 11.6 Å². The van der Waals surface area contributed by atoms with E-state index < -0.39 is 4.92 Å². The molecule has 0 saturated carbocycles. The first kappa shape index (κ1) is 14.0. The van der Waals surface area contributed by atoms with Gasteiger partial charge in [-0.05, 0) is 15.9 Å². The standard InChI is InChI=1S/C10H4BrCl2N3O3/c11-9-3-10(15-4-14-9)19-8-2-6(13)5(12)1-7(8)16(17)18/h1-4H. The van der Waals surface area contributed by atoms with Crippen molar-refractivity contribution in [3.63, 3.8) is 0 Å². The Kier molecular flexibility index (Phi) is 4.18. The van der Waals surface area contributed by atoms with E-state index in [9.17, 15) is 10.1 Å². The first-order chi connectivity index (χ1) is 8.97. The second-order valence-corrected chi connectivity index (χ2v) is 4.90. The summed E-state index contributed by atoms with van der Waals surface area (Å²) >= 11 is 14.7. The molecule has 0 atom stereocenters. The highest BCUT2D eigenvalue weighted by molar-refractivity contribution is 9.10. The molecule has 19 heavy (non-hydrogen) atoms. The molecule has 0 amide bonds. The largest absolute Gasteiger partial charge is 0.432 e. The third-order valence-corrected chi connectivity index (χ3v) is 3.18. The molecule has 0 saturated heterocycles. The molecule has 98 valence electrons. The molecule has 2 rings (SSSR count). The van der Waals surface area contributed by atoms with Crippen LogP contribution in [0, 0.1) is 10.1 Å². The number of halogens is 3. The van der Waals surface area contributed by atoms with Crippen LogP contribution in [0.4, 0.5) is 5.69 Å².